The average Bonchev–Trinajstić information content (AvgIpc) is 2.26. The van der Waals surface area contributed by atoms with Crippen molar-refractivity contribution in [2.45, 2.75) is 19.4 Å². The minimum Gasteiger partial charge on any atom is -0.394 e. The lowest BCUT2D eigenvalue weighted by atomic mass is 10.1. The van der Waals surface area contributed by atoms with Crippen LogP contribution in [-0.4, -0.2) is 17.6 Å². The molecule has 1 aromatic rings. The third-order valence-electron chi connectivity index (χ3n) is 1.96. The summed E-state index contributed by atoms with van der Waals surface area (Å²) < 4.78 is 7.22. The Kier molecular flexibility index (Phi) is 3.55. The van der Waals surface area contributed by atoms with Crippen LogP contribution in [0.2, 0.25) is 0 Å². The van der Waals surface area contributed by atoms with E-state index in [0.717, 1.165) is 5.56 Å². The molecule has 0 spiro atoms. The van der Waals surface area contributed by atoms with Crippen LogP contribution in [0.25, 0.3) is 0 Å². The summed E-state index contributed by atoms with van der Waals surface area (Å²) >= 11 is 0. The van der Waals surface area contributed by atoms with Crippen LogP contribution >= 0.6 is 0 Å². The summed E-state index contributed by atoms with van der Waals surface area (Å²) in [5.74, 6) is -0.377. The molecule has 0 aliphatic carbocycles. The zero-order chi connectivity index (χ0) is 11.3. The quantitative estimate of drug-likeness (QED) is 0.757. The fourth-order valence-electron chi connectivity index (χ4n) is 1.17. The Morgan fingerprint density at radius 1 is 1.57 bits per heavy atom. The summed E-state index contributed by atoms with van der Waals surface area (Å²) in [6.07, 6.45) is -0.817. The minimum atomic E-state index is -0.817. The van der Waals surface area contributed by atoms with Gasteiger partial charge in [-0.3, -0.25) is 4.79 Å². The highest BCUT2D eigenvalue weighted by atomic mass is 16.3. The zero-order valence-corrected chi connectivity index (χ0v) is 8.10. The summed E-state index contributed by atoms with van der Waals surface area (Å²) in [4.78, 5) is 11.3. The predicted octanol–water partition coefficient (Wildman–Crippen LogP) is 1.25. The normalized spacial score (nSPS) is 15.4. The predicted molar refractivity (Wildman–Crippen MR) is 54.7 cm³/mol. The first-order valence-corrected chi connectivity index (χ1v) is 4.53. The fourth-order valence-corrected chi connectivity index (χ4v) is 1.17. The molecule has 0 aliphatic rings. The molecule has 0 aromatic heterocycles. The highest BCUT2D eigenvalue weighted by Crippen LogP contribution is 2.11. The van der Waals surface area contributed by atoms with Crippen LogP contribution in [0.5, 0.6) is 0 Å². The molecule has 3 nitrogen and oxygen atoms in total. The van der Waals surface area contributed by atoms with E-state index in [9.17, 15) is 4.79 Å². The van der Waals surface area contributed by atoms with E-state index >= 15 is 0 Å². The number of aliphatic hydroxyl groups excluding tert-OH is 1. The summed E-state index contributed by atoms with van der Waals surface area (Å²) in [6.45, 7) is 1.33. The van der Waals surface area contributed by atoms with Gasteiger partial charge in [0.25, 0.3) is 0 Å². The molecule has 0 saturated carbocycles. The molecule has 2 unspecified atom stereocenters. The highest BCUT2D eigenvalue weighted by Gasteiger charge is 2.11. The number of benzene rings is 1. The first kappa shape index (κ1) is 9.21. The molecule has 1 rings (SSSR count). The number of aliphatic hydroxyl groups is 1. The molecular formula is C11H15NO2. The number of hydrogen-bond donors (Lipinski definition) is 2. The van der Waals surface area contributed by atoms with Crippen LogP contribution in [0.4, 0.5) is 0 Å². The van der Waals surface area contributed by atoms with Crippen molar-refractivity contribution in [3.63, 3.8) is 0 Å². The van der Waals surface area contributed by atoms with Gasteiger partial charge in [0.15, 0.2) is 0 Å². The van der Waals surface area contributed by atoms with Gasteiger partial charge < -0.3 is 10.4 Å². The van der Waals surface area contributed by atoms with Gasteiger partial charge in [0.05, 0.1) is 12.6 Å². The number of carbonyl (C=O) groups is 1. The van der Waals surface area contributed by atoms with Crippen LogP contribution in [0.15, 0.2) is 30.3 Å². The lowest BCUT2D eigenvalue weighted by molar-refractivity contribution is -0.121. The summed E-state index contributed by atoms with van der Waals surface area (Å²) in [5, 5.41) is 11.7. The monoisotopic (exact) mass is 194 g/mol. The molecule has 2 atom stereocenters. The van der Waals surface area contributed by atoms with Crippen molar-refractivity contribution in [3.05, 3.63) is 35.9 Å². The SMILES string of the molecule is [2H]C(C)C(=O)NC(CO)c1ccccc1. The first-order chi connectivity index (χ1) is 7.15. The van der Waals surface area contributed by atoms with Gasteiger partial charge in [0, 0.05) is 7.77 Å². The molecule has 0 bridgehead atoms. The second kappa shape index (κ2) is 5.40. The smallest absolute Gasteiger partial charge is 0.220 e. The zero-order valence-electron chi connectivity index (χ0n) is 9.10. The number of carbonyl (C=O) groups excluding carboxylic acids is 1. The molecule has 0 radical (unpaired) electrons. The van der Waals surface area contributed by atoms with Crippen LogP contribution in [0, 0.1) is 0 Å². The Morgan fingerprint density at radius 3 is 2.71 bits per heavy atom. The molecular weight excluding hydrogens is 178 g/mol. The van der Waals surface area contributed by atoms with Crippen molar-refractivity contribution in [1.82, 2.24) is 5.32 Å². The Hall–Kier alpha value is -1.35. The number of nitrogens with one attached hydrogen (secondary N) is 1. The number of rotatable bonds is 4. The maximum atomic E-state index is 11.3. The van der Waals surface area contributed by atoms with E-state index in [2.05, 4.69) is 5.32 Å². The van der Waals surface area contributed by atoms with Crippen molar-refractivity contribution < 1.29 is 11.3 Å². The van der Waals surface area contributed by atoms with E-state index in [4.69, 9.17) is 6.48 Å². The second-order valence-corrected chi connectivity index (χ2v) is 2.94. The second-order valence-electron chi connectivity index (χ2n) is 2.94. The molecule has 3 heteroatoms. The minimum absolute atomic E-state index is 0.164. The van der Waals surface area contributed by atoms with Gasteiger partial charge >= 0.3 is 0 Å². The standard InChI is InChI=1S/C11H15NO2/c1-2-11(14)12-10(8-13)9-6-4-3-5-7-9/h3-7,10,13H,2,8H2,1H3,(H,12,14)/i2D. The molecule has 0 saturated heterocycles. The topological polar surface area (TPSA) is 49.3 Å². The van der Waals surface area contributed by atoms with Crippen molar-refractivity contribution in [3.8, 4) is 0 Å². The molecule has 14 heavy (non-hydrogen) atoms. The van der Waals surface area contributed by atoms with Crippen LogP contribution in [0.1, 0.15) is 26.3 Å². The Balaban J connectivity index is 2.69. The molecule has 0 aliphatic heterocycles. The van der Waals surface area contributed by atoms with Gasteiger partial charge in [-0.2, -0.15) is 0 Å². The van der Waals surface area contributed by atoms with Gasteiger partial charge in [0.2, 0.25) is 5.91 Å². The summed E-state index contributed by atoms with van der Waals surface area (Å²) in [7, 11) is 0. The van der Waals surface area contributed by atoms with Gasteiger partial charge in [-0.25, -0.2) is 0 Å². The third-order valence-corrected chi connectivity index (χ3v) is 1.96. The third kappa shape index (κ3) is 2.85. The Labute approximate surface area is 85.2 Å². The highest BCUT2D eigenvalue weighted by molar-refractivity contribution is 5.76. The van der Waals surface area contributed by atoms with Crippen LogP contribution in [0.3, 0.4) is 0 Å². The van der Waals surface area contributed by atoms with Gasteiger partial charge in [-0.1, -0.05) is 37.3 Å². The largest absolute Gasteiger partial charge is 0.394 e. The van der Waals surface area contributed by atoms with E-state index in [1.165, 1.54) is 6.92 Å². The van der Waals surface area contributed by atoms with E-state index < -0.39 is 12.4 Å². The van der Waals surface area contributed by atoms with E-state index in [0.29, 0.717) is 0 Å². The lowest BCUT2D eigenvalue weighted by Gasteiger charge is -2.15. The number of hydrogen-bond acceptors (Lipinski definition) is 2. The Morgan fingerprint density at radius 2 is 2.21 bits per heavy atom. The van der Waals surface area contributed by atoms with E-state index in [-0.39, 0.29) is 12.5 Å². The lowest BCUT2D eigenvalue weighted by Crippen LogP contribution is -2.29. The van der Waals surface area contributed by atoms with Gasteiger partial charge in [0.1, 0.15) is 0 Å². The molecule has 1 aromatic carbocycles. The van der Waals surface area contributed by atoms with Crippen molar-refractivity contribution >= 4 is 5.91 Å². The number of amides is 1. The van der Waals surface area contributed by atoms with Gasteiger partial charge in [-0.05, 0) is 5.56 Å². The molecule has 0 fully saturated rings. The molecule has 1 amide bonds. The molecule has 2 N–H and O–H groups in total. The summed E-state index contributed by atoms with van der Waals surface area (Å²) in [5.41, 5.74) is 0.842. The fraction of sp³-hybridized carbons (Fsp3) is 0.364. The Bertz CT molecular complexity index is 314. The molecule has 0 heterocycles. The average molecular weight is 194 g/mol. The van der Waals surface area contributed by atoms with Crippen molar-refractivity contribution in [2.75, 3.05) is 6.61 Å². The van der Waals surface area contributed by atoms with E-state index in [1.807, 2.05) is 30.3 Å². The maximum absolute atomic E-state index is 11.3. The van der Waals surface area contributed by atoms with Crippen LogP contribution < -0.4 is 5.32 Å². The van der Waals surface area contributed by atoms with Crippen molar-refractivity contribution in [1.29, 1.82) is 0 Å². The van der Waals surface area contributed by atoms with Gasteiger partial charge in [-0.15, -0.1) is 0 Å². The summed E-state index contributed by atoms with van der Waals surface area (Å²) in [6, 6.07) is 8.78. The van der Waals surface area contributed by atoms with E-state index in [1.54, 1.807) is 0 Å². The first-order valence-electron chi connectivity index (χ1n) is 5.11. The maximum Gasteiger partial charge on any atom is 0.220 e. The van der Waals surface area contributed by atoms with Crippen molar-refractivity contribution in [2.24, 2.45) is 0 Å². The van der Waals surface area contributed by atoms with Crippen LogP contribution in [-0.2, 0) is 4.79 Å². The molecule has 76 valence electrons.